The zero-order chi connectivity index (χ0) is 12.3. The number of nitrogens with zero attached hydrogens (tertiary/aromatic N) is 2. The molecule has 0 saturated carbocycles. The van der Waals surface area contributed by atoms with Gasteiger partial charge in [0.05, 0.1) is 25.5 Å². The van der Waals surface area contributed by atoms with Crippen molar-refractivity contribution in [2.45, 2.75) is 64.3 Å². The molecule has 0 aromatic rings. The zero-order valence-electron chi connectivity index (χ0n) is 11.3. The van der Waals surface area contributed by atoms with E-state index in [0.29, 0.717) is 6.04 Å². The third-order valence-corrected chi connectivity index (χ3v) is 3.54. The molecule has 0 spiro atoms. The molecule has 0 radical (unpaired) electrons. The monoisotopic (exact) mass is 240 g/mol. The van der Waals surface area contributed by atoms with Gasteiger partial charge in [-0.25, -0.2) is 0 Å². The van der Waals surface area contributed by atoms with E-state index in [0.717, 1.165) is 19.5 Å². The summed E-state index contributed by atoms with van der Waals surface area (Å²) in [6.45, 7) is 4.40. The van der Waals surface area contributed by atoms with E-state index >= 15 is 0 Å². The van der Waals surface area contributed by atoms with Gasteiger partial charge in [0, 0.05) is 6.54 Å². The van der Waals surface area contributed by atoms with Crippen molar-refractivity contribution in [2.75, 3.05) is 19.7 Å². The van der Waals surface area contributed by atoms with E-state index in [1.807, 2.05) is 6.34 Å². The van der Waals surface area contributed by atoms with Crippen molar-refractivity contribution in [1.29, 1.82) is 0 Å². The number of hydrogen-bond donors (Lipinski definition) is 1. The summed E-state index contributed by atoms with van der Waals surface area (Å²) < 4.78 is 0. The van der Waals surface area contributed by atoms with Gasteiger partial charge >= 0.3 is 0 Å². The van der Waals surface area contributed by atoms with Crippen LogP contribution in [-0.4, -0.2) is 42.1 Å². The summed E-state index contributed by atoms with van der Waals surface area (Å²) in [6.07, 6.45) is 12.4. The lowest BCUT2D eigenvalue weighted by molar-refractivity contribution is 0.180. The predicted molar refractivity (Wildman–Crippen MR) is 73.5 cm³/mol. The molecule has 1 rings (SSSR count). The first-order chi connectivity index (χ1) is 8.38. The number of aliphatic hydroxyl groups excluding tert-OH is 1. The third kappa shape index (κ3) is 6.06. The SMILES string of the molecule is CCCCCCCCCC(CO)N1C=NCC1. The fraction of sp³-hybridized carbons (Fsp3) is 0.929. The zero-order valence-corrected chi connectivity index (χ0v) is 11.3. The van der Waals surface area contributed by atoms with Gasteiger partial charge in [0.25, 0.3) is 0 Å². The second-order valence-electron chi connectivity index (χ2n) is 5.01. The summed E-state index contributed by atoms with van der Waals surface area (Å²) in [6, 6.07) is 0.303. The lowest BCUT2D eigenvalue weighted by atomic mass is 10.0. The molecular weight excluding hydrogens is 212 g/mol. The standard InChI is InChI=1S/C14H28N2O/c1-2-3-4-5-6-7-8-9-14(12-17)16-11-10-15-13-16/h13-14,17H,2-12H2,1H3. The number of aliphatic imine (C=N–C) groups is 1. The molecule has 1 aliphatic heterocycles. The molecule has 0 bridgehead atoms. The summed E-state index contributed by atoms with van der Waals surface area (Å²) in [5.41, 5.74) is 0. The Hall–Kier alpha value is -0.570. The highest BCUT2D eigenvalue weighted by Gasteiger charge is 2.16. The fourth-order valence-corrected chi connectivity index (χ4v) is 2.37. The Balaban J connectivity index is 1.98. The molecule has 3 nitrogen and oxygen atoms in total. The topological polar surface area (TPSA) is 35.8 Å². The van der Waals surface area contributed by atoms with Gasteiger partial charge in [-0.3, -0.25) is 4.99 Å². The van der Waals surface area contributed by atoms with Gasteiger partial charge in [0.1, 0.15) is 0 Å². The summed E-state index contributed by atoms with van der Waals surface area (Å²) >= 11 is 0. The Morgan fingerprint density at radius 2 is 1.88 bits per heavy atom. The summed E-state index contributed by atoms with van der Waals surface area (Å²) in [5, 5.41) is 9.36. The normalized spacial score (nSPS) is 16.7. The van der Waals surface area contributed by atoms with Crippen LogP contribution in [0.25, 0.3) is 0 Å². The first-order valence-electron chi connectivity index (χ1n) is 7.25. The second kappa shape index (κ2) is 9.46. The highest BCUT2D eigenvalue weighted by Crippen LogP contribution is 2.13. The van der Waals surface area contributed by atoms with Gasteiger partial charge in [-0.05, 0) is 6.42 Å². The van der Waals surface area contributed by atoms with Crippen molar-refractivity contribution in [3.05, 3.63) is 0 Å². The van der Waals surface area contributed by atoms with Crippen molar-refractivity contribution < 1.29 is 5.11 Å². The lowest BCUT2D eigenvalue weighted by Gasteiger charge is -2.24. The second-order valence-corrected chi connectivity index (χ2v) is 5.01. The van der Waals surface area contributed by atoms with Gasteiger partial charge in [-0.2, -0.15) is 0 Å². The summed E-state index contributed by atoms with van der Waals surface area (Å²) in [4.78, 5) is 6.39. The quantitative estimate of drug-likeness (QED) is 0.596. The molecule has 1 atom stereocenters. The molecule has 0 saturated heterocycles. The Morgan fingerprint density at radius 1 is 1.18 bits per heavy atom. The van der Waals surface area contributed by atoms with E-state index in [9.17, 15) is 5.11 Å². The maximum absolute atomic E-state index is 9.36. The molecule has 0 aromatic heterocycles. The minimum absolute atomic E-state index is 0.266. The van der Waals surface area contributed by atoms with Gasteiger partial charge in [0.15, 0.2) is 0 Å². The van der Waals surface area contributed by atoms with Crippen molar-refractivity contribution >= 4 is 6.34 Å². The number of unbranched alkanes of at least 4 members (excludes halogenated alkanes) is 6. The van der Waals surface area contributed by atoms with Crippen LogP contribution in [0.4, 0.5) is 0 Å². The van der Waals surface area contributed by atoms with Crippen LogP contribution in [0, 0.1) is 0 Å². The maximum atomic E-state index is 9.36. The van der Waals surface area contributed by atoms with Crippen molar-refractivity contribution in [1.82, 2.24) is 4.90 Å². The van der Waals surface area contributed by atoms with E-state index in [4.69, 9.17) is 0 Å². The first kappa shape index (κ1) is 14.5. The van der Waals surface area contributed by atoms with Gasteiger partial charge in [0.2, 0.25) is 0 Å². The molecular formula is C14H28N2O. The molecule has 0 fully saturated rings. The summed E-state index contributed by atoms with van der Waals surface area (Å²) in [7, 11) is 0. The highest BCUT2D eigenvalue weighted by molar-refractivity contribution is 5.57. The Morgan fingerprint density at radius 3 is 2.47 bits per heavy atom. The van der Waals surface area contributed by atoms with Crippen molar-refractivity contribution in [2.24, 2.45) is 4.99 Å². The molecule has 1 N–H and O–H groups in total. The molecule has 0 aliphatic carbocycles. The molecule has 0 amide bonds. The minimum atomic E-state index is 0.266. The van der Waals surface area contributed by atoms with Gasteiger partial charge in [-0.15, -0.1) is 0 Å². The van der Waals surface area contributed by atoms with E-state index < -0.39 is 0 Å². The molecule has 1 heterocycles. The van der Waals surface area contributed by atoms with Gasteiger partial charge in [-0.1, -0.05) is 51.9 Å². The van der Waals surface area contributed by atoms with E-state index in [2.05, 4.69) is 16.8 Å². The molecule has 3 heteroatoms. The van der Waals surface area contributed by atoms with Crippen LogP contribution >= 0.6 is 0 Å². The Labute approximate surface area is 106 Å². The average molecular weight is 240 g/mol. The van der Waals surface area contributed by atoms with Crippen LogP contribution in [0.2, 0.25) is 0 Å². The van der Waals surface area contributed by atoms with Crippen LogP contribution in [0.1, 0.15) is 58.3 Å². The van der Waals surface area contributed by atoms with Crippen LogP contribution in [-0.2, 0) is 0 Å². The number of rotatable bonds is 10. The van der Waals surface area contributed by atoms with E-state index in [1.54, 1.807) is 0 Å². The number of aliphatic hydroxyl groups is 1. The molecule has 0 aromatic carbocycles. The largest absolute Gasteiger partial charge is 0.394 e. The molecule has 1 unspecified atom stereocenters. The van der Waals surface area contributed by atoms with Crippen molar-refractivity contribution in [3.63, 3.8) is 0 Å². The molecule has 100 valence electrons. The maximum Gasteiger partial charge on any atom is 0.0854 e. The minimum Gasteiger partial charge on any atom is -0.394 e. The van der Waals surface area contributed by atoms with E-state index in [1.165, 1.54) is 44.9 Å². The highest BCUT2D eigenvalue weighted by atomic mass is 16.3. The van der Waals surface area contributed by atoms with Crippen LogP contribution < -0.4 is 0 Å². The predicted octanol–water partition coefficient (Wildman–Crippen LogP) is 2.83. The smallest absolute Gasteiger partial charge is 0.0854 e. The first-order valence-corrected chi connectivity index (χ1v) is 7.25. The lowest BCUT2D eigenvalue weighted by Crippen LogP contribution is -2.35. The number of hydrogen-bond acceptors (Lipinski definition) is 3. The van der Waals surface area contributed by atoms with Crippen LogP contribution in [0.15, 0.2) is 4.99 Å². The average Bonchev–Trinajstić information content (AvgIpc) is 2.86. The molecule has 17 heavy (non-hydrogen) atoms. The van der Waals surface area contributed by atoms with E-state index in [-0.39, 0.29) is 6.61 Å². The summed E-state index contributed by atoms with van der Waals surface area (Å²) in [5.74, 6) is 0. The Bertz CT molecular complexity index is 206. The molecule has 1 aliphatic rings. The van der Waals surface area contributed by atoms with Crippen LogP contribution in [0.5, 0.6) is 0 Å². The Kier molecular flexibility index (Phi) is 8.06. The van der Waals surface area contributed by atoms with Crippen LogP contribution in [0.3, 0.4) is 0 Å². The van der Waals surface area contributed by atoms with Crippen molar-refractivity contribution in [3.8, 4) is 0 Å². The van der Waals surface area contributed by atoms with Gasteiger partial charge < -0.3 is 10.0 Å². The third-order valence-electron chi connectivity index (χ3n) is 3.54. The fourth-order valence-electron chi connectivity index (χ4n) is 2.37.